The highest BCUT2D eigenvalue weighted by Crippen LogP contribution is 2.37. The predicted octanol–water partition coefficient (Wildman–Crippen LogP) is 3.78. The van der Waals surface area contributed by atoms with Crippen molar-refractivity contribution in [3.63, 3.8) is 0 Å². The van der Waals surface area contributed by atoms with Crippen LogP contribution >= 0.6 is 0 Å². The van der Waals surface area contributed by atoms with Crippen LogP contribution in [0.3, 0.4) is 0 Å². The maximum Gasteiger partial charge on any atom is 0.126 e. The topological polar surface area (TPSA) is 35.2 Å². The molecule has 0 saturated carbocycles. The number of fused-ring (bicyclic) bond motifs is 1. The standard InChI is InChI=1S/C17H18FNO/c1-11-9-16(20-13-6-4-5-12(18)10-13)17(19)15-8-3-2-7-14(11)15/h2-8,10-11,16-17H,9,19H2,1H3. The lowest BCUT2D eigenvalue weighted by Crippen LogP contribution is -2.37. The summed E-state index contributed by atoms with van der Waals surface area (Å²) < 4.78 is 19.1. The molecule has 2 aromatic rings. The van der Waals surface area contributed by atoms with E-state index in [0.29, 0.717) is 11.7 Å². The number of benzene rings is 2. The molecule has 0 aromatic heterocycles. The van der Waals surface area contributed by atoms with Crippen molar-refractivity contribution in [3.8, 4) is 5.75 Å². The molecular formula is C17H18FNO. The van der Waals surface area contributed by atoms with Crippen molar-refractivity contribution < 1.29 is 9.13 Å². The maximum atomic E-state index is 13.2. The van der Waals surface area contributed by atoms with Crippen LogP contribution in [0.25, 0.3) is 0 Å². The Hall–Kier alpha value is -1.87. The molecule has 1 aliphatic carbocycles. The van der Waals surface area contributed by atoms with E-state index < -0.39 is 0 Å². The lowest BCUT2D eigenvalue weighted by Gasteiger charge is -2.35. The molecule has 0 amide bonds. The van der Waals surface area contributed by atoms with Crippen molar-refractivity contribution in [2.24, 2.45) is 5.73 Å². The number of halogens is 1. The van der Waals surface area contributed by atoms with Gasteiger partial charge in [-0.05, 0) is 35.6 Å². The Labute approximate surface area is 118 Å². The molecular weight excluding hydrogens is 253 g/mol. The number of rotatable bonds is 2. The number of ether oxygens (including phenoxy) is 1. The van der Waals surface area contributed by atoms with Gasteiger partial charge in [0, 0.05) is 6.07 Å². The third kappa shape index (κ3) is 2.41. The van der Waals surface area contributed by atoms with Crippen LogP contribution in [0.2, 0.25) is 0 Å². The van der Waals surface area contributed by atoms with E-state index in [2.05, 4.69) is 19.1 Å². The summed E-state index contributed by atoms with van der Waals surface area (Å²) in [4.78, 5) is 0. The first-order chi connectivity index (χ1) is 9.65. The zero-order chi connectivity index (χ0) is 14.1. The number of nitrogens with two attached hydrogens (primary N) is 1. The Morgan fingerprint density at radius 1 is 1.10 bits per heavy atom. The van der Waals surface area contributed by atoms with Crippen LogP contribution < -0.4 is 10.5 Å². The molecule has 1 aliphatic rings. The van der Waals surface area contributed by atoms with Gasteiger partial charge in [0.15, 0.2) is 0 Å². The van der Waals surface area contributed by atoms with E-state index in [0.717, 1.165) is 12.0 Å². The molecule has 0 fully saturated rings. The second-order valence-electron chi connectivity index (χ2n) is 5.41. The summed E-state index contributed by atoms with van der Waals surface area (Å²) in [6.07, 6.45) is 0.719. The Morgan fingerprint density at radius 2 is 1.85 bits per heavy atom. The van der Waals surface area contributed by atoms with E-state index in [4.69, 9.17) is 10.5 Å². The molecule has 0 saturated heterocycles. The van der Waals surface area contributed by atoms with Crippen LogP contribution in [0.15, 0.2) is 48.5 Å². The van der Waals surface area contributed by atoms with E-state index in [-0.39, 0.29) is 18.0 Å². The molecule has 2 aromatic carbocycles. The van der Waals surface area contributed by atoms with Crippen LogP contribution in [-0.2, 0) is 0 Å². The van der Waals surface area contributed by atoms with Gasteiger partial charge in [0.1, 0.15) is 17.7 Å². The SMILES string of the molecule is CC1CC(Oc2cccc(F)c2)C(N)c2ccccc21. The highest BCUT2D eigenvalue weighted by atomic mass is 19.1. The van der Waals surface area contributed by atoms with Gasteiger partial charge in [0.2, 0.25) is 0 Å². The second kappa shape index (κ2) is 5.25. The van der Waals surface area contributed by atoms with E-state index >= 15 is 0 Å². The monoisotopic (exact) mass is 271 g/mol. The van der Waals surface area contributed by atoms with E-state index in [9.17, 15) is 4.39 Å². The Balaban J connectivity index is 1.86. The van der Waals surface area contributed by atoms with Gasteiger partial charge in [-0.2, -0.15) is 0 Å². The number of hydrogen-bond donors (Lipinski definition) is 1. The quantitative estimate of drug-likeness (QED) is 0.902. The summed E-state index contributed by atoms with van der Waals surface area (Å²) in [6, 6.07) is 14.3. The van der Waals surface area contributed by atoms with Gasteiger partial charge in [0.05, 0.1) is 6.04 Å². The molecule has 0 spiro atoms. The highest BCUT2D eigenvalue weighted by Gasteiger charge is 2.32. The van der Waals surface area contributed by atoms with Crippen molar-refractivity contribution in [3.05, 3.63) is 65.5 Å². The Kier molecular flexibility index (Phi) is 3.45. The van der Waals surface area contributed by atoms with Gasteiger partial charge >= 0.3 is 0 Å². The fraction of sp³-hybridized carbons (Fsp3) is 0.294. The van der Waals surface area contributed by atoms with Crippen LogP contribution in [0.4, 0.5) is 4.39 Å². The smallest absolute Gasteiger partial charge is 0.126 e. The molecule has 3 atom stereocenters. The van der Waals surface area contributed by atoms with Crippen molar-refractivity contribution in [2.45, 2.75) is 31.4 Å². The van der Waals surface area contributed by atoms with E-state index in [1.807, 2.05) is 12.1 Å². The van der Waals surface area contributed by atoms with Gasteiger partial charge in [0.25, 0.3) is 0 Å². The minimum absolute atomic E-state index is 0.123. The van der Waals surface area contributed by atoms with Crippen molar-refractivity contribution in [1.29, 1.82) is 0 Å². The van der Waals surface area contributed by atoms with Gasteiger partial charge in [-0.25, -0.2) is 4.39 Å². The molecule has 3 unspecified atom stereocenters. The number of hydrogen-bond acceptors (Lipinski definition) is 2. The molecule has 0 aliphatic heterocycles. The summed E-state index contributed by atoms with van der Waals surface area (Å²) in [5.41, 5.74) is 8.74. The first kappa shape index (κ1) is 13.1. The van der Waals surface area contributed by atoms with Crippen LogP contribution in [-0.4, -0.2) is 6.10 Å². The van der Waals surface area contributed by atoms with Gasteiger partial charge in [-0.15, -0.1) is 0 Å². The fourth-order valence-corrected chi connectivity index (χ4v) is 2.92. The largest absolute Gasteiger partial charge is 0.488 e. The van der Waals surface area contributed by atoms with Crippen LogP contribution in [0, 0.1) is 5.82 Å². The van der Waals surface area contributed by atoms with E-state index in [1.165, 1.54) is 17.7 Å². The van der Waals surface area contributed by atoms with Gasteiger partial charge in [-0.1, -0.05) is 37.3 Å². The molecule has 0 bridgehead atoms. The molecule has 3 heteroatoms. The molecule has 3 rings (SSSR count). The van der Waals surface area contributed by atoms with Crippen LogP contribution in [0.1, 0.15) is 36.4 Å². The average molecular weight is 271 g/mol. The zero-order valence-electron chi connectivity index (χ0n) is 11.4. The molecule has 20 heavy (non-hydrogen) atoms. The highest BCUT2D eigenvalue weighted by molar-refractivity contribution is 5.36. The predicted molar refractivity (Wildman–Crippen MR) is 77.2 cm³/mol. The second-order valence-corrected chi connectivity index (χ2v) is 5.41. The summed E-state index contributed by atoms with van der Waals surface area (Å²) in [5, 5.41) is 0. The first-order valence-electron chi connectivity index (χ1n) is 6.92. The van der Waals surface area contributed by atoms with Crippen LogP contribution in [0.5, 0.6) is 5.75 Å². The molecule has 2 nitrogen and oxygen atoms in total. The van der Waals surface area contributed by atoms with Crippen molar-refractivity contribution in [1.82, 2.24) is 0 Å². The maximum absolute atomic E-state index is 13.2. The first-order valence-corrected chi connectivity index (χ1v) is 6.92. The molecule has 2 N–H and O–H groups in total. The third-order valence-corrected chi connectivity index (χ3v) is 3.96. The van der Waals surface area contributed by atoms with Gasteiger partial charge in [-0.3, -0.25) is 0 Å². The molecule has 0 heterocycles. The molecule has 104 valence electrons. The summed E-state index contributed by atoms with van der Waals surface area (Å²) in [6.45, 7) is 2.17. The zero-order valence-corrected chi connectivity index (χ0v) is 11.4. The normalized spacial score (nSPS) is 25.1. The Bertz CT molecular complexity index is 613. The Morgan fingerprint density at radius 3 is 2.60 bits per heavy atom. The minimum Gasteiger partial charge on any atom is -0.488 e. The van der Waals surface area contributed by atoms with Crippen molar-refractivity contribution >= 4 is 0 Å². The van der Waals surface area contributed by atoms with Crippen molar-refractivity contribution in [2.75, 3.05) is 0 Å². The minimum atomic E-state index is -0.291. The average Bonchev–Trinajstić information content (AvgIpc) is 2.45. The van der Waals surface area contributed by atoms with Gasteiger partial charge < -0.3 is 10.5 Å². The fourth-order valence-electron chi connectivity index (χ4n) is 2.92. The summed E-state index contributed by atoms with van der Waals surface area (Å²) in [7, 11) is 0. The lowest BCUT2D eigenvalue weighted by molar-refractivity contribution is 0.143. The summed E-state index contributed by atoms with van der Waals surface area (Å²) >= 11 is 0. The third-order valence-electron chi connectivity index (χ3n) is 3.96. The molecule has 0 radical (unpaired) electrons. The summed E-state index contributed by atoms with van der Waals surface area (Å²) in [5.74, 6) is 0.641. The van der Waals surface area contributed by atoms with E-state index in [1.54, 1.807) is 12.1 Å². The lowest BCUT2D eigenvalue weighted by atomic mass is 9.79.